The van der Waals surface area contributed by atoms with E-state index in [2.05, 4.69) is 10.2 Å². The number of H-pyrrole nitrogens is 1. The first kappa shape index (κ1) is 15.0. The van der Waals surface area contributed by atoms with E-state index < -0.39 is 9.84 Å². The number of aromatic amines is 1. The van der Waals surface area contributed by atoms with E-state index in [1.807, 2.05) is 0 Å². The van der Waals surface area contributed by atoms with Gasteiger partial charge in [0.15, 0.2) is 9.84 Å². The highest BCUT2D eigenvalue weighted by Gasteiger charge is 2.35. The molecule has 7 nitrogen and oxygen atoms in total. The molecule has 1 saturated heterocycles. The molecule has 0 saturated carbocycles. The Labute approximate surface area is 117 Å². The zero-order valence-corrected chi connectivity index (χ0v) is 12.4. The smallest absolute Gasteiger partial charge is 0.257 e. The van der Waals surface area contributed by atoms with E-state index in [9.17, 15) is 13.2 Å². The summed E-state index contributed by atoms with van der Waals surface area (Å²) in [5.74, 6) is -0.213. The zero-order chi connectivity index (χ0) is 14.9. The summed E-state index contributed by atoms with van der Waals surface area (Å²) in [6.45, 7) is 3.40. The molecule has 20 heavy (non-hydrogen) atoms. The Kier molecular flexibility index (Phi) is 4.14. The molecule has 2 rings (SSSR count). The number of nitrogens with one attached hydrogen (secondary N) is 1. The second kappa shape index (κ2) is 5.53. The second-order valence-corrected chi connectivity index (χ2v) is 7.32. The van der Waals surface area contributed by atoms with Crippen LogP contribution in [0.5, 0.6) is 0 Å². The Balaban J connectivity index is 2.27. The van der Waals surface area contributed by atoms with Crippen molar-refractivity contribution in [3.05, 3.63) is 17.0 Å². The molecule has 1 atom stereocenters. The fourth-order valence-electron chi connectivity index (χ4n) is 2.59. The van der Waals surface area contributed by atoms with Gasteiger partial charge in [0.2, 0.25) is 0 Å². The predicted molar refractivity (Wildman–Crippen MR) is 73.2 cm³/mol. The number of carbonyl (C=O) groups excluding carboxylic acids is 1. The lowest BCUT2D eigenvalue weighted by atomic mass is 10.1. The van der Waals surface area contributed by atoms with Gasteiger partial charge < -0.3 is 10.0 Å². The predicted octanol–water partition coefficient (Wildman–Crippen LogP) is -0.352. The third kappa shape index (κ3) is 2.85. The van der Waals surface area contributed by atoms with Crippen LogP contribution in [0.3, 0.4) is 0 Å². The molecule has 1 unspecified atom stereocenters. The van der Waals surface area contributed by atoms with Crippen molar-refractivity contribution in [1.29, 1.82) is 0 Å². The highest BCUT2D eigenvalue weighted by atomic mass is 32.2. The summed E-state index contributed by atoms with van der Waals surface area (Å²) in [5.41, 5.74) is 1.69. The third-order valence-corrected chi connectivity index (χ3v) is 5.34. The van der Waals surface area contributed by atoms with Gasteiger partial charge in [0, 0.05) is 18.3 Å². The number of aromatic nitrogens is 2. The first-order valence-corrected chi connectivity index (χ1v) is 8.31. The lowest BCUT2D eigenvalue weighted by Gasteiger charge is -2.27. The van der Waals surface area contributed by atoms with Crippen LogP contribution in [0.25, 0.3) is 0 Å². The average Bonchev–Trinajstić information content (AvgIpc) is 2.89. The molecule has 1 amide bonds. The zero-order valence-electron chi connectivity index (χ0n) is 11.6. The Morgan fingerprint density at radius 1 is 1.50 bits per heavy atom. The largest absolute Gasteiger partial charge is 0.395 e. The standard InChI is InChI=1S/C12H19N3O4S/c1-8-11(9(2)14-13-8)12(17)15(4-5-16)10-3-6-20(18,19)7-10/h10,16H,3-7H2,1-2H3,(H,13,14). The van der Waals surface area contributed by atoms with Crippen molar-refractivity contribution in [2.45, 2.75) is 26.3 Å². The molecule has 2 N–H and O–H groups in total. The number of aliphatic hydroxyl groups excluding tert-OH is 1. The number of carbonyl (C=O) groups is 1. The Bertz CT molecular complexity index is 589. The van der Waals surface area contributed by atoms with Gasteiger partial charge in [0.05, 0.1) is 29.4 Å². The fourth-order valence-corrected chi connectivity index (χ4v) is 4.32. The van der Waals surface area contributed by atoms with Crippen molar-refractivity contribution in [2.75, 3.05) is 24.7 Å². The first-order valence-electron chi connectivity index (χ1n) is 6.49. The van der Waals surface area contributed by atoms with Crippen LogP contribution >= 0.6 is 0 Å². The molecule has 0 spiro atoms. The van der Waals surface area contributed by atoms with Crippen LogP contribution in [-0.4, -0.2) is 65.2 Å². The normalized spacial score (nSPS) is 21.1. The Morgan fingerprint density at radius 3 is 2.65 bits per heavy atom. The van der Waals surface area contributed by atoms with Crippen molar-refractivity contribution in [1.82, 2.24) is 15.1 Å². The topological polar surface area (TPSA) is 103 Å². The van der Waals surface area contributed by atoms with Gasteiger partial charge in [-0.2, -0.15) is 5.10 Å². The molecular weight excluding hydrogens is 282 g/mol. The molecule has 8 heteroatoms. The molecule has 0 aliphatic carbocycles. The van der Waals surface area contributed by atoms with Crippen molar-refractivity contribution in [3.63, 3.8) is 0 Å². The van der Waals surface area contributed by atoms with Crippen LogP contribution in [0, 0.1) is 13.8 Å². The van der Waals surface area contributed by atoms with Crippen LogP contribution in [0.4, 0.5) is 0 Å². The van der Waals surface area contributed by atoms with Gasteiger partial charge in [-0.15, -0.1) is 0 Å². The Hall–Kier alpha value is -1.41. The fraction of sp³-hybridized carbons (Fsp3) is 0.667. The van der Waals surface area contributed by atoms with E-state index in [1.165, 1.54) is 4.90 Å². The molecule has 0 aromatic carbocycles. The lowest BCUT2D eigenvalue weighted by Crippen LogP contribution is -2.43. The summed E-state index contributed by atoms with van der Waals surface area (Å²) >= 11 is 0. The molecule has 1 aliphatic heterocycles. The minimum absolute atomic E-state index is 0.0330. The molecule has 1 aromatic rings. The highest BCUT2D eigenvalue weighted by molar-refractivity contribution is 7.91. The van der Waals surface area contributed by atoms with E-state index in [4.69, 9.17) is 5.11 Å². The van der Waals surface area contributed by atoms with E-state index >= 15 is 0 Å². The van der Waals surface area contributed by atoms with Crippen molar-refractivity contribution < 1.29 is 18.3 Å². The quantitative estimate of drug-likeness (QED) is 0.791. The minimum Gasteiger partial charge on any atom is -0.395 e. The molecule has 1 aromatic heterocycles. The number of hydrogen-bond acceptors (Lipinski definition) is 5. The second-order valence-electron chi connectivity index (χ2n) is 5.09. The number of rotatable bonds is 4. The van der Waals surface area contributed by atoms with Gasteiger partial charge in [-0.25, -0.2) is 8.42 Å². The maximum atomic E-state index is 12.6. The summed E-state index contributed by atoms with van der Waals surface area (Å²) in [6.07, 6.45) is 0.421. The SMILES string of the molecule is Cc1n[nH]c(C)c1C(=O)N(CCO)C1CCS(=O)(=O)C1. The van der Waals surface area contributed by atoms with Crippen LogP contribution in [0.1, 0.15) is 28.2 Å². The third-order valence-electron chi connectivity index (χ3n) is 3.59. The number of nitrogens with zero attached hydrogens (tertiary/aromatic N) is 2. The summed E-state index contributed by atoms with van der Waals surface area (Å²) in [7, 11) is -3.08. The van der Waals surface area contributed by atoms with Gasteiger partial charge >= 0.3 is 0 Å². The van der Waals surface area contributed by atoms with E-state index in [1.54, 1.807) is 13.8 Å². The molecule has 0 radical (unpaired) electrons. The number of aliphatic hydroxyl groups is 1. The van der Waals surface area contributed by atoms with Crippen molar-refractivity contribution in [2.24, 2.45) is 0 Å². The average molecular weight is 301 g/mol. The number of sulfone groups is 1. The number of amides is 1. The molecule has 0 bridgehead atoms. The lowest BCUT2D eigenvalue weighted by molar-refractivity contribution is 0.0654. The molecule has 112 valence electrons. The number of hydrogen-bond donors (Lipinski definition) is 2. The van der Waals surface area contributed by atoms with Crippen molar-refractivity contribution in [3.8, 4) is 0 Å². The van der Waals surface area contributed by atoms with Crippen LogP contribution in [0.2, 0.25) is 0 Å². The van der Waals surface area contributed by atoms with Gasteiger partial charge in [0.1, 0.15) is 0 Å². The maximum absolute atomic E-state index is 12.6. The minimum atomic E-state index is -3.08. The van der Waals surface area contributed by atoms with Crippen LogP contribution < -0.4 is 0 Å². The van der Waals surface area contributed by atoms with E-state index in [-0.39, 0.29) is 36.6 Å². The van der Waals surface area contributed by atoms with Crippen LogP contribution in [-0.2, 0) is 9.84 Å². The van der Waals surface area contributed by atoms with E-state index in [0.29, 0.717) is 23.4 Å². The van der Waals surface area contributed by atoms with Crippen LogP contribution in [0.15, 0.2) is 0 Å². The Morgan fingerprint density at radius 2 is 2.20 bits per heavy atom. The summed E-state index contributed by atoms with van der Waals surface area (Å²) in [6, 6.07) is -0.367. The molecular formula is C12H19N3O4S. The molecule has 2 heterocycles. The summed E-state index contributed by atoms with van der Waals surface area (Å²) in [4.78, 5) is 14.0. The molecule has 1 aliphatic rings. The van der Waals surface area contributed by atoms with Gasteiger partial charge in [-0.3, -0.25) is 9.89 Å². The monoisotopic (exact) mass is 301 g/mol. The first-order chi connectivity index (χ1) is 9.35. The van der Waals surface area contributed by atoms with E-state index in [0.717, 1.165) is 0 Å². The summed E-state index contributed by atoms with van der Waals surface area (Å²) in [5, 5.41) is 15.9. The molecule has 1 fully saturated rings. The van der Waals surface area contributed by atoms with Gasteiger partial charge in [-0.1, -0.05) is 0 Å². The van der Waals surface area contributed by atoms with Gasteiger partial charge in [0.25, 0.3) is 5.91 Å². The highest BCUT2D eigenvalue weighted by Crippen LogP contribution is 2.21. The van der Waals surface area contributed by atoms with Crippen molar-refractivity contribution >= 4 is 15.7 Å². The maximum Gasteiger partial charge on any atom is 0.257 e. The number of aryl methyl sites for hydroxylation is 2. The van der Waals surface area contributed by atoms with Gasteiger partial charge in [-0.05, 0) is 20.3 Å². The summed E-state index contributed by atoms with van der Waals surface area (Å²) < 4.78 is 23.1.